The van der Waals surface area contributed by atoms with Crippen molar-refractivity contribution in [3.8, 4) is 0 Å². The molecule has 3 heterocycles. The van der Waals surface area contributed by atoms with Crippen LogP contribution >= 0.6 is 0 Å². The number of hydrogen-bond donors (Lipinski definition) is 3. The topological polar surface area (TPSA) is 146 Å². The first kappa shape index (κ1) is 18.1. The molecular formula is C14H19N7O4. The summed E-state index contributed by atoms with van der Waals surface area (Å²) in [6.45, 7) is 1.34. The highest BCUT2D eigenvalue weighted by molar-refractivity contribution is 5.90. The van der Waals surface area contributed by atoms with Gasteiger partial charge in [-0.3, -0.25) is 14.6 Å². The number of carboxylic acid groups (broad SMARTS) is 1. The lowest BCUT2D eigenvalue weighted by Crippen LogP contribution is -2.45. The highest BCUT2D eigenvalue weighted by atomic mass is 16.3. The maximum Gasteiger partial charge on any atom is 0.343 e. The van der Waals surface area contributed by atoms with Gasteiger partial charge in [0.15, 0.2) is 5.82 Å². The van der Waals surface area contributed by atoms with E-state index in [2.05, 4.69) is 30.5 Å². The van der Waals surface area contributed by atoms with Gasteiger partial charge in [0.1, 0.15) is 0 Å². The quantitative estimate of drug-likeness (QED) is 0.598. The highest BCUT2D eigenvalue weighted by Crippen LogP contribution is 2.16. The minimum absolute atomic E-state index is 0.0452. The average molecular weight is 349 g/mol. The minimum Gasteiger partial charge on any atom is -0.483 e. The fourth-order valence-corrected chi connectivity index (χ4v) is 2.47. The third-order valence-corrected chi connectivity index (χ3v) is 3.70. The second-order valence-corrected chi connectivity index (χ2v) is 5.32. The fraction of sp³-hybridized carbons (Fsp3) is 0.429. The van der Waals surface area contributed by atoms with Gasteiger partial charge in [-0.25, -0.2) is 9.48 Å². The zero-order valence-corrected chi connectivity index (χ0v) is 13.6. The lowest BCUT2D eigenvalue weighted by atomic mass is 10.1. The van der Waals surface area contributed by atoms with Crippen molar-refractivity contribution in [1.29, 1.82) is 0 Å². The van der Waals surface area contributed by atoms with Gasteiger partial charge in [-0.1, -0.05) is 0 Å². The predicted octanol–water partition coefficient (Wildman–Crippen LogP) is -1.00. The summed E-state index contributed by atoms with van der Waals surface area (Å²) in [5, 5.41) is 21.6. The predicted molar refractivity (Wildman–Crippen MR) is 87.3 cm³/mol. The Hall–Kier alpha value is -3.24. The van der Waals surface area contributed by atoms with E-state index in [-0.39, 0.29) is 24.2 Å². The summed E-state index contributed by atoms with van der Waals surface area (Å²) in [6, 6.07) is 3.84. The average Bonchev–Trinajstić information content (AvgIpc) is 2.96. The molecule has 0 bridgehead atoms. The largest absolute Gasteiger partial charge is 0.483 e. The second kappa shape index (κ2) is 8.57. The van der Waals surface area contributed by atoms with Crippen LogP contribution in [0.3, 0.4) is 0 Å². The number of piperidine rings is 1. The van der Waals surface area contributed by atoms with Crippen molar-refractivity contribution < 1.29 is 14.7 Å². The molecule has 134 valence electrons. The molecule has 0 aromatic carbocycles. The molecule has 1 aliphatic heterocycles. The zero-order valence-electron chi connectivity index (χ0n) is 13.6. The van der Waals surface area contributed by atoms with E-state index in [9.17, 15) is 9.59 Å². The molecule has 3 rings (SSSR count). The van der Waals surface area contributed by atoms with Crippen LogP contribution < -0.4 is 15.9 Å². The number of nitrogens with zero attached hydrogens (tertiary/aromatic N) is 5. The number of anilines is 1. The third kappa shape index (κ3) is 4.86. The second-order valence-electron chi connectivity index (χ2n) is 5.32. The number of aromatic amines is 1. The first-order valence-electron chi connectivity index (χ1n) is 7.59. The van der Waals surface area contributed by atoms with E-state index in [0.29, 0.717) is 0 Å². The summed E-state index contributed by atoms with van der Waals surface area (Å²) in [7, 11) is 1.50. The first-order valence-corrected chi connectivity index (χ1v) is 7.59. The molecule has 1 aliphatic rings. The molecule has 0 saturated carbocycles. The van der Waals surface area contributed by atoms with E-state index in [1.165, 1.54) is 7.05 Å². The summed E-state index contributed by atoms with van der Waals surface area (Å²) in [5.41, 5.74) is -0.400. The lowest BCUT2D eigenvalue weighted by Gasteiger charge is -2.32. The molecule has 25 heavy (non-hydrogen) atoms. The van der Waals surface area contributed by atoms with Crippen LogP contribution in [0.25, 0.3) is 0 Å². The van der Waals surface area contributed by atoms with Crippen molar-refractivity contribution in [3.05, 3.63) is 34.6 Å². The molecule has 1 amide bonds. The van der Waals surface area contributed by atoms with Gasteiger partial charge in [-0.05, 0) is 25.0 Å². The molecule has 3 N–H and O–H groups in total. The Kier molecular flexibility index (Phi) is 6.20. The molecule has 2 aromatic heterocycles. The number of carbonyl (C=O) groups excluding carboxylic acids is 1. The van der Waals surface area contributed by atoms with Crippen molar-refractivity contribution in [2.45, 2.75) is 18.9 Å². The number of nitrogens with one attached hydrogen (secondary N) is 2. The molecule has 11 heteroatoms. The van der Waals surface area contributed by atoms with Crippen LogP contribution in [-0.4, -0.2) is 61.6 Å². The summed E-state index contributed by atoms with van der Waals surface area (Å²) in [5.74, 6) is 0.542. The Morgan fingerprint density at radius 2 is 2.12 bits per heavy atom. The summed E-state index contributed by atoms with van der Waals surface area (Å²) in [4.78, 5) is 36.2. The number of aromatic nitrogens is 5. The van der Waals surface area contributed by atoms with Gasteiger partial charge in [-0.15, -0.1) is 10.2 Å². The minimum atomic E-state index is -0.400. The lowest BCUT2D eigenvalue weighted by molar-refractivity contribution is -0.122. The SMILES string of the molecule is Cn1nc(C(=O)NC2CCN(c3cccnn3)CC2)[nH]c1=O.O=CO. The Morgan fingerprint density at radius 1 is 1.44 bits per heavy atom. The number of rotatable bonds is 3. The molecule has 11 nitrogen and oxygen atoms in total. The standard InChI is InChI=1S/C13H17N7O2.CH2O2/c1-19-13(22)16-11(18-19)12(21)15-9-4-7-20(8-5-9)10-3-2-6-14-17-10;2-1-3/h2-3,6,9H,4-5,7-8H2,1H3,(H,15,21)(H,16,18,22);1H,(H,2,3). The molecule has 0 spiro atoms. The van der Waals surface area contributed by atoms with Crippen molar-refractivity contribution in [2.24, 2.45) is 7.05 Å². The smallest absolute Gasteiger partial charge is 0.343 e. The van der Waals surface area contributed by atoms with E-state index in [0.717, 1.165) is 36.4 Å². The monoisotopic (exact) mass is 349 g/mol. The summed E-state index contributed by atoms with van der Waals surface area (Å²) in [6.07, 6.45) is 3.25. The zero-order chi connectivity index (χ0) is 18.2. The Balaban J connectivity index is 0.000000701. The Labute approximate surface area is 142 Å². The molecule has 1 fully saturated rings. The number of H-pyrrole nitrogens is 1. The molecule has 0 radical (unpaired) electrons. The maximum atomic E-state index is 12.0. The maximum absolute atomic E-state index is 12.0. The van der Waals surface area contributed by atoms with Crippen molar-refractivity contribution in [3.63, 3.8) is 0 Å². The van der Waals surface area contributed by atoms with Crippen LogP contribution in [0.15, 0.2) is 23.1 Å². The van der Waals surface area contributed by atoms with Crippen LogP contribution in [0.4, 0.5) is 5.82 Å². The van der Waals surface area contributed by atoms with Gasteiger partial charge in [0.05, 0.1) is 0 Å². The fourth-order valence-electron chi connectivity index (χ4n) is 2.47. The van der Waals surface area contributed by atoms with Crippen molar-refractivity contribution in [2.75, 3.05) is 18.0 Å². The van der Waals surface area contributed by atoms with E-state index < -0.39 is 5.69 Å². The molecule has 0 atom stereocenters. The van der Waals surface area contributed by atoms with Crippen molar-refractivity contribution in [1.82, 2.24) is 30.3 Å². The normalized spacial score (nSPS) is 14.4. The van der Waals surface area contributed by atoms with Gasteiger partial charge in [0.25, 0.3) is 12.4 Å². The number of hydrogen-bond acceptors (Lipinski definition) is 7. The number of carbonyl (C=O) groups is 2. The van der Waals surface area contributed by atoms with E-state index in [1.807, 2.05) is 12.1 Å². The number of amides is 1. The molecule has 2 aromatic rings. The third-order valence-electron chi connectivity index (χ3n) is 3.70. The highest BCUT2D eigenvalue weighted by Gasteiger charge is 2.23. The van der Waals surface area contributed by atoms with Gasteiger partial charge in [0.2, 0.25) is 5.82 Å². The van der Waals surface area contributed by atoms with Gasteiger partial charge in [-0.2, -0.15) is 5.10 Å². The Morgan fingerprint density at radius 3 is 2.64 bits per heavy atom. The van der Waals surface area contributed by atoms with Gasteiger partial charge in [0, 0.05) is 32.4 Å². The summed E-state index contributed by atoms with van der Waals surface area (Å²) >= 11 is 0. The van der Waals surface area contributed by atoms with E-state index in [4.69, 9.17) is 9.90 Å². The van der Waals surface area contributed by atoms with E-state index in [1.54, 1.807) is 6.20 Å². The van der Waals surface area contributed by atoms with Gasteiger partial charge < -0.3 is 15.3 Å². The van der Waals surface area contributed by atoms with Crippen LogP contribution in [0.2, 0.25) is 0 Å². The first-order chi connectivity index (χ1) is 12.0. The van der Waals surface area contributed by atoms with Gasteiger partial charge >= 0.3 is 5.69 Å². The van der Waals surface area contributed by atoms with Crippen LogP contribution in [0, 0.1) is 0 Å². The molecule has 0 aliphatic carbocycles. The molecule has 1 saturated heterocycles. The molecule has 0 unspecified atom stereocenters. The number of aryl methyl sites for hydroxylation is 1. The van der Waals surface area contributed by atoms with Crippen molar-refractivity contribution >= 4 is 18.2 Å². The van der Waals surface area contributed by atoms with Crippen LogP contribution in [-0.2, 0) is 11.8 Å². The van der Waals surface area contributed by atoms with Crippen LogP contribution in [0.1, 0.15) is 23.5 Å². The Bertz CT molecular complexity index is 750. The van der Waals surface area contributed by atoms with E-state index >= 15 is 0 Å². The van der Waals surface area contributed by atoms with Crippen LogP contribution in [0.5, 0.6) is 0 Å². The molecular weight excluding hydrogens is 330 g/mol. The summed E-state index contributed by atoms with van der Waals surface area (Å²) < 4.78 is 1.10.